The molecule has 0 fully saturated rings. The maximum atomic E-state index is 5.89. The van der Waals surface area contributed by atoms with Gasteiger partial charge in [-0.3, -0.25) is 4.98 Å². The minimum atomic E-state index is -0.0926. The van der Waals surface area contributed by atoms with Crippen LogP contribution in [0.25, 0.3) is 10.8 Å². The van der Waals surface area contributed by atoms with E-state index >= 15 is 0 Å². The van der Waals surface area contributed by atoms with Gasteiger partial charge in [0.1, 0.15) is 5.75 Å². The number of rotatable bonds is 2. The SMILES string of the molecule is COc1cccc2ccnc(C(C)N)c12. The summed E-state index contributed by atoms with van der Waals surface area (Å²) in [6.07, 6.45) is 1.78. The lowest BCUT2D eigenvalue weighted by molar-refractivity contribution is 0.419. The van der Waals surface area contributed by atoms with Crippen LogP contribution in [0.4, 0.5) is 0 Å². The number of nitrogens with two attached hydrogens (primary N) is 1. The van der Waals surface area contributed by atoms with E-state index in [1.807, 2.05) is 31.2 Å². The van der Waals surface area contributed by atoms with Crippen molar-refractivity contribution in [3.8, 4) is 5.75 Å². The second-order valence-corrected chi connectivity index (χ2v) is 3.54. The minimum Gasteiger partial charge on any atom is -0.496 e. The summed E-state index contributed by atoms with van der Waals surface area (Å²) in [6.45, 7) is 1.92. The molecule has 0 amide bonds. The summed E-state index contributed by atoms with van der Waals surface area (Å²) in [5.74, 6) is 0.827. The monoisotopic (exact) mass is 202 g/mol. The van der Waals surface area contributed by atoms with E-state index in [-0.39, 0.29) is 6.04 Å². The third-order valence-electron chi connectivity index (χ3n) is 2.43. The molecule has 2 N–H and O–H groups in total. The summed E-state index contributed by atoms with van der Waals surface area (Å²) in [7, 11) is 1.66. The van der Waals surface area contributed by atoms with Crippen molar-refractivity contribution in [3.63, 3.8) is 0 Å². The molecular formula is C12H14N2O. The summed E-state index contributed by atoms with van der Waals surface area (Å²) in [5.41, 5.74) is 6.76. The summed E-state index contributed by atoms with van der Waals surface area (Å²) in [5, 5.41) is 2.12. The van der Waals surface area contributed by atoms with E-state index in [0.717, 1.165) is 22.2 Å². The molecule has 1 aromatic heterocycles. The minimum absolute atomic E-state index is 0.0926. The van der Waals surface area contributed by atoms with Gasteiger partial charge in [0.25, 0.3) is 0 Å². The molecule has 0 aliphatic heterocycles. The number of aromatic nitrogens is 1. The van der Waals surface area contributed by atoms with Gasteiger partial charge in [-0.15, -0.1) is 0 Å². The first-order valence-electron chi connectivity index (χ1n) is 4.91. The molecule has 15 heavy (non-hydrogen) atoms. The van der Waals surface area contributed by atoms with Crippen molar-refractivity contribution >= 4 is 10.8 Å². The number of hydrogen-bond acceptors (Lipinski definition) is 3. The van der Waals surface area contributed by atoms with Crippen molar-refractivity contribution in [1.82, 2.24) is 4.98 Å². The van der Waals surface area contributed by atoms with E-state index < -0.39 is 0 Å². The molecule has 78 valence electrons. The average molecular weight is 202 g/mol. The van der Waals surface area contributed by atoms with Gasteiger partial charge in [-0.2, -0.15) is 0 Å². The molecule has 3 heteroatoms. The lowest BCUT2D eigenvalue weighted by Crippen LogP contribution is -2.08. The molecular weight excluding hydrogens is 188 g/mol. The Labute approximate surface area is 88.9 Å². The Balaban J connectivity index is 2.81. The first kappa shape index (κ1) is 9.93. The van der Waals surface area contributed by atoms with E-state index in [2.05, 4.69) is 4.98 Å². The maximum absolute atomic E-state index is 5.89. The Morgan fingerprint density at radius 2 is 2.13 bits per heavy atom. The van der Waals surface area contributed by atoms with Crippen LogP contribution < -0.4 is 10.5 Å². The lowest BCUT2D eigenvalue weighted by atomic mass is 10.1. The number of benzene rings is 1. The van der Waals surface area contributed by atoms with Crippen molar-refractivity contribution in [1.29, 1.82) is 0 Å². The van der Waals surface area contributed by atoms with Crippen LogP contribution in [-0.2, 0) is 0 Å². The fraction of sp³-hybridized carbons (Fsp3) is 0.250. The van der Waals surface area contributed by atoms with Gasteiger partial charge < -0.3 is 10.5 Å². The zero-order valence-corrected chi connectivity index (χ0v) is 8.90. The van der Waals surface area contributed by atoms with E-state index in [1.165, 1.54) is 0 Å². The number of pyridine rings is 1. The van der Waals surface area contributed by atoms with Crippen LogP contribution in [-0.4, -0.2) is 12.1 Å². The molecule has 0 aliphatic rings. The fourth-order valence-corrected chi connectivity index (χ4v) is 1.74. The molecule has 0 saturated carbocycles. The average Bonchev–Trinajstić information content (AvgIpc) is 2.27. The van der Waals surface area contributed by atoms with Crippen molar-refractivity contribution < 1.29 is 4.74 Å². The van der Waals surface area contributed by atoms with Gasteiger partial charge in [0.2, 0.25) is 0 Å². The topological polar surface area (TPSA) is 48.1 Å². The summed E-state index contributed by atoms with van der Waals surface area (Å²) in [6, 6.07) is 7.79. The van der Waals surface area contributed by atoms with Gasteiger partial charge in [0.05, 0.1) is 12.8 Å². The molecule has 0 radical (unpaired) electrons. The van der Waals surface area contributed by atoms with Crippen LogP contribution >= 0.6 is 0 Å². The summed E-state index contributed by atoms with van der Waals surface area (Å²) < 4.78 is 5.32. The van der Waals surface area contributed by atoms with Gasteiger partial charge in [-0.05, 0) is 24.4 Å². The highest BCUT2D eigenvalue weighted by Gasteiger charge is 2.10. The second kappa shape index (κ2) is 3.87. The van der Waals surface area contributed by atoms with Gasteiger partial charge in [-0.1, -0.05) is 12.1 Å². The standard InChI is InChI=1S/C12H14N2O/c1-8(13)12-11-9(6-7-14-12)4-3-5-10(11)15-2/h3-8H,13H2,1-2H3. The Morgan fingerprint density at radius 3 is 2.80 bits per heavy atom. The first-order valence-corrected chi connectivity index (χ1v) is 4.91. The van der Waals surface area contributed by atoms with Crippen LogP contribution in [0.1, 0.15) is 18.7 Å². The number of methoxy groups -OCH3 is 1. The molecule has 0 saturated heterocycles. The largest absolute Gasteiger partial charge is 0.496 e. The molecule has 1 unspecified atom stereocenters. The number of hydrogen-bond donors (Lipinski definition) is 1. The second-order valence-electron chi connectivity index (χ2n) is 3.54. The number of nitrogens with zero attached hydrogens (tertiary/aromatic N) is 1. The maximum Gasteiger partial charge on any atom is 0.128 e. The van der Waals surface area contributed by atoms with Crippen LogP contribution in [0.3, 0.4) is 0 Å². The normalized spacial score (nSPS) is 12.7. The van der Waals surface area contributed by atoms with Crippen LogP contribution in [0.5, 0.6) is 5.75 Å². The Bertz CT molecular complexity index is 475. The van der Waals surface area contributed by atoms with E-state index in [0.29, 0.717) is 0 Å². The molecule has 1 atom stereocenters. The van der Waals surface area contributed by atoms with E-state index in [4.69, 9.17) is 10.5 Å². The third-order valence-corrected chi connectivity index (χ3v) is 2.43. The Morgan fingerprint density at radius 1 is 1.33 bits per heavy atom. The number of ether oxygens (including phenoxy) is 1. The quantitative estimate of drug-likeness (QED) is 0.812. The summed E-state index contributed by atoms with van der Waals surface area (Å²) >= 11 is 0. The highest BCUT2D eigenvalue weighted by atomic mass is 16.5. The van der Waals surface area contributed by atoms with Gasteiger partial charge >= 0.3 is 0 Å². The smallest absolute Gasteiger partial charge is 0.128 e. The highest BCUT2D eigenvalue weighted by Crippen LogP contribution is 2.29. The van der Waals surface area contributed by atoms with Gasteiger partial charge in [-0.25, -0.2) is 0 Å². The van der Waals surface area contributed by atoms with Crippen molar-refractivity contribution in [3.05, 3.63) is 36.2 Å². The lowest BCUT2D eigenvalue weighted by Gasteiger charge is -2.11. The Hall–Kier alpha value is -1.61. The molecule has 0 aliphatic carbocycles. The molecule has 1 heterocycles. The Kier molecular flexibility index (Phi) is 2.56. The molecule has 2 aromatic rings. The number of fused-ring (bicyclic) bond motifs is 1. The van der Waals surface area contributed by atoms with Gasteiger partial charge in [0, 0.05) is 17.6 Å². The van der Waals surface area contributed by atoms with Crippen LogP contribution in [0.15, 0.2) is 30.5 Å². The summed E-state index contributed by atoms with van der Waals surface area (Å²) in [4.78, 5) is 4.31. The molecule has 1 aromatic carbocycles. The third kappa shape index (κ3) is 1.66. The van der Waals surface area contributed by atoms with Crippen molar-refractivity contribution in [2.45, 2.75) is 13.0 Å². The first-order chi connectivity index (χ1) is 7.24. The highest BCUT2D eigenvalue weighted by molar-refractivity contribution is 5.90. The van der Waals surface area contributed by atoms with Crippen molar-refractivity contribution in [2.75, 3.05) is 7.11 Å². The van der Waals surface area contributed by atoms with Crippen LogP contribution in [0.2, 0.25) is 0 Å². The predicted octanol–water partition coefficient (Wildman–Crippen LogP) is 2.26. The molecule has 0 bridgehead atoms. The molecule has 0 spiro atoms. The fourth-order valence-electron chi connectivity index (χ4n) is 1.74. The zero-order valence-electron chi connectivity index (χ0n) is 8.90. The zero-order chi connectivity index (χ0) is 10.8. The van der Waals surface area contributed by atoms with Crippen LogP contribution in [0, 0.1) is 0 Å². The van der Waals surface area contributed by atoms with Crippen molar-refractivity contribution in [2.24, 2.45) is 5.73 Å². The van der Waals surface area contributed by atoms with E-state index in [9.17, 15) is 0 Å². The molecule has 3 nitrogen and oxygen atoms in total. The van der Waals surface area contributed by atoms with Gasteiger partial charge in [0.15, 0.2) is 0 Å². The predicted molar refractivity (Wildman–Crippen MR) is 60.9 cm³/mol. The van der Waals surface area contributed by atoms with E-state index in [1.54, 1.807) is 13.3 Å². The molecule has 2 rings (SSSR count).